The number of para-hydroxylation sites is 1. The molecule has 0 unspecified atom stereocenters. The van der Waals surface area contributed by atoms with Gasteiger partial charge in [-0.3, -0.25) is 14.9 Å². The Kier molecular flexibility index (Phi) is 5.68. The van der Waals surface area contributed by atoms with Crippen molar-refractivity contribution < 1.29 is 9.72 Å². The first-order valence-electron chi connectivity index (χ1n) is 9.26. The van der Waals surface area contributed by atoms with Crippen LogP contribution in [0.4, 0.5) is 5.69 Å². The first-order chi connectivity index (χ1) is 15.0. The molecule has 0 saturated heterocycles. The highest BCUT2D eigenvalue weighted by Gasteiger charge is 2.31. The molecule has 0 aliphatic carbocycles. The number of carbonyl (C=O) groups excluding carboxylic acids is 1. The lowest BCUT2D eigenvalue weighted by molar-refractivity contribution is -0.385. The molecule has 0 spiro atoms. The molecule has 4 rings (SSSR count). The third-order valence-electron chi connectivity index (χ3n) is 4.49. The van der Waals surface area contributed by atoms with Gasteiger partial charge in [0.25, 0.3) is 11.6 Å². The molecule has 0 saturated carbocycles. The van der Waals surface area contributed by atoms with Gasteiger partial charge in [-0.15, -0.1) is 0 Å². The van der Waals surface area contributed by atoms with Gasteiger partial charge in [-0.1, -0.05) is 66.2 Å². The molecular weight excluding hydrogens is 416 g/mol. The first-order valence-corrected chi connectivity index (χ1v) is 9.64. The summed E-state index contributed by atoms with van der Waals surface area (Å²) in [5.74, 6) is -0.150. The van der Waals surface area contributed by atoms with Crippen molar-refractivity contribution in [3.63, 3.8) is 0 Å². The molecule has 1 heterocycles. The summed E-state index contributed by atoms with van der Waals surface area (Å²) in [6, 6.07) is 22.3. The molecule has 31 heavy (non-hydrogen) atoms. The quantitative estimate of drug-likeness (QED) is 0.249. The van der Waals surface area contributed by atoms with E-state index in [1.165, 1.54) is 23.4 Å². The minimum Gasteiger partial charge on any atom is -0.265 e. The van der Waals surface area contributed by atoms with Crippen LogP contribution in [0.2, 0.25) is 5.02 Å². The number of aliphatic imine (C=N–C) groups is 1. The van der Waals surface area contributed by atoms with E-state index < -0.39 is 10.8 Å². The van der Waals surface area contributed by atoms with E-state index >= 15 is 0 Å². The summed E-state index contributed by atoms with van der Waals surface area (Å²) in [4.78, 5) is 28.4. The lowest BCUT2D eigenvalue weighted by atomic mass is 10.1. The molecule has 8 heteroatoms. The maximum absolute atomic E-state index is 13.1. The summed E-state index contributed by atoms with van der Waals surface area (Å²) < 4.78 is 0. The van der Waals surface area contributed by atoms with Crippen molar-refractivity contribution in [2.45, 2.75) is 0 Å². The SMILES string of the molecule is O=C1/C(=C/c2ccccc2[N+](=O)[O-])N=C(c2ccccc2)N1/N=C/c1ccc(Cl)cc1. The third-order valence-corrected chi connectivity index (χ3v) is 4.74. The summed E-state index contributed by atoms with van der Waals surface area (Å²) in [5, 5.41) is 17.4. The van der Waals surface area contributed by atoms with Crippen LogP contribution < -0.4 is 0 Å². The Bertz CT molecular complexity index is 1240. The Morgan fingerprint density at radius 1 is 0.968 bits per heavy atom. The zero-order valence-corrected chi connectivity index (χ0v) is 16.8. The Morgan fingerprint density at radius 3 is 2.35 bits per heavy atom. The fraction of sp³-hybridized carbons (Fsp3) is 0. The molecule has 7 nitrogen and oxygen atoms in total. The summed E-state index contributed by atoms with van der Waals surface area (Å²) >= 11 is 5.91. The minimum absolute atomic E-state index is 0.0569. The third kappa shape index (κ3) is 4.41. The van der Waals surface area contributed by atoms with E-state index in [1.807, 2.05) is 30.3 Å². The predicted molar refractivity (Wildman–Crippen MR) is 120 cm³/mol. The lowest BCUT2D eigenvalue weighted by Crippen LogP contribution is -2.27. The van der Waals surface area contributed by atoms with Crippen molar-refractivity contribution >= 4 is 41.3 Å². The van der Waals surface area contributed by atoms with Gasteiger partial charge in [-0.2, -0.15) is 10.1 Å². The van der Waals surface area contributed by atoms with Gasteiger partial charge in [-0.05, 0) is 29.8 Å². The van der Waals surface area contributed by atoms with Crippen LogP contribution in [-0.2, 0) is 4.79 Å². The second-order valence-corrected chi connectivity index (χ2v) is 7.00. The van der Waals surface area contributed by atoms with Gasteiger partial charge >= 0.3 is 0 Å². The van der Waals surface area contributed by atoms with Crippen molar-refractivity contribution in [2.24, 2.45) is 10.1 Å². The number of rotatable bonds is 5. The fourth-order valence-corrected chi connectivity index (χ4v) is 3.11. The van der Waals surface area contributed by atoms with Crippen LogP contribution >= 0.6 is 11.6 Å². The van der Waals surface area contributed by atoms with E-state index in [-0.39, 0.29) is 16.9 Å². The van der Waals surface area contributed by atoms with Gasteiger partial charge in [0, 0.05) is 16.7 Å². The molecule has 1 amide bonds. The smallest absolute Gasteiger partial charge is 0.265 e. The zero-order chi connectivity index (χ0) is 21.8. The summed E-state index contributed by atoms with van der Waals surface area (Å²) in [6.07, 6.45) is 2.93. The van der Waals surface area contributed by atoms with Crippen molar-refractivity contribution in [2.75, 3.05) is 0 Å². The Morgan fingerprint density at radius 2 is 1.65 bits per heavy atom. The average Bonchev–Trinajstić information content (AvgIpc) is 3.09. The molecule has 0 N–H and O–H groups in total. The number of nitrogens with zero attached hydrogens (tertiary/aromatic N) is 4. The van der Waals surface area contributed by atoms with Crippen LogP contribution in [0.1, 0.15) is 16.7 Å². The van der Waals surface area contributed by atoms with E-state index in [4.69, 9.17) is 11.6 Å². The Balaban J connectivity index is 1.75. The van der Waals surface area contributed by atoms with Crippen molar-refractivity contribution in [3.8, 4) is 0 Å². The summed E-state index contributed by atoms with van der Waals surface area (Å²) in [6.45, 7) is 0. The van der Waals surface area contributed by atoms with Crippen LogP contribution in [0.3, 0.4) is 0 Å². The van der Waals surface area contributed by atoms with Crippen molar-refractivity contribution in [1.29, 1.82) is 0 Å². The predicted octanol–water partition coefficient (Wildman–Crippen LogP) is 4.91. The molecular formula is C23H15ClN4O3. The maximum atomic E-state index is 13.1. The zero-order valence-electron chi connectivity index (χ0n) is 16.1. The maximum Gasteiger partial charge on any atom is 0.298 e. The van der Waals surface area contributed by atoms with E-state index in [9.17, 15) is 14.9 Å². The standard InChI is InChI=1S/C23H15ClN4O3/c24-19-12-10-16(11-13-19)15-25-27-22(17-6-2-1-3-7-17)26-20(23(27)29)14-18-8-4-5-9-21(18)28(30)31/h1-15H/b20-14-,25-15+. The number of hydrogen-bond acceptors (Lipinski definition) is 5. The summed E-state index contributed by atoms with van der Waals surface area (Å²) in [7, 11) is 0. The number of hydrazone groups is 1. The highest BCUT2D eigenvalue weighted by Crippen LogP contribution is 2.26. The van der Waals surface area contributed by atoms with Gasteiger partial charge in [0.2, 0.25) is 0 Å². The van der Waals surface area contributed by atoms with Crippen LogP contribution in [0.15, 0.2) is 94.7 Å². The number of halogens is 1. The fourth-order valence-electron chi connectivity index (χ4n) is 2.99. The van der Waals surface area contributed by atoms with E-state index in [1.54, 1.807) is 42.5 Å². The second kappa shape index (κ2) is 8.73. The molecule has 0 atom stereocenters. The number of amidine groups is 1. The number of nitro groups is 1. The van der Waals surface area contributed by atoms with Gasteiger partial charge in [0.05, 0.1) is 16.7 Å². The van der Waals surface area contributed by atoms with Crippen LogP contribution in [-0.4, -0.2) is 27.9 Å². The Labute approximate surface area is 182 Å². The lowest BCUT2D eigenvalue weighted by Gasteiger charge is -2.11. The molecule has 1 aliphatic rings. The van der Waals surface area contributed by atoms with Gasteiger partial charge in [0.1, 0.15) is 5.70 Å². The Hall–Kier alpha value is -4.10. The van der Waals surface area contributed by atoms with Crippen LogP contribution in [0, 0.1) is 10.1 Å². The highest BCUT2D eigenvalue weighted by molar-refractivity contribution is 6.30. The normalized spacial score (nSPS) is 15.0. The molecule has 0 radical (unpaired) electrons. The summed E-state index contributed by atoms with van der Waals surface area (Å²) in [5.41, 5.74) is 1.68. The molecule has 0 fully saturated rings. The topological polar surface area (TPSA) is 88.2 Å². The second-order valence-electron chi connectivity index (χ2n) is 6.56. The van der Waals surface area contributed by atoms with Crippen LogP contribution in [0.25, 0.3) is 6.08 Å². The number of benzene rings is 3. The minimum atomic E-state index is -0.496. The van der Waals surface area contributed by atoms with E-state index in [0.717, 1.165) is 5.56 Å². The van der Waals surface area contributed by atoms with Crippen molar-refractivity contribution in [3.05, 3.63) is 116 Å². The highest BCUT2D eigenvalue weighted by atomic mass is 35.5. The van der Waals surface area contributed by atoms with Gasteiger partial charge < -0.3 is 0 Å². The monoisotopic (exact) mass is 430 g/mol. The number of amides is 1. The van der Waals surface area contributed by atoms with Crippen molar-refractivity contribution in [1.82, 2.24) is 5.01 Å². The number of hydrogen-bond donors (Lipinski definition) is 0. The average molecular weight is 431 g/mol. The molecule has 0 aromatic heterocycles. The molecule has 0 bridgehead atoms. The first kappa shape index (κ1) is 20.2. The number of nitro benzene ring substituents is 1. The largest absolute Gasteiger partial charge is 0.298 e. The van der Waals surface area contributed by atoms with E-state index in [0.29, 0.717) is 16.4 Å². The molecule has 3 aromatic rings. The molecule has 152 valence electrons. The molecule has 1 aliphatic heterocycles. The van der Waals surface area contributed by atoms with Gasteiger partial charge in [-0.25, -0.2) is 4.99 Å². The molecule has 3 aromatic carbocycles. The van der Waals surface area contributed by atoms with Crippen LogP contribution in [0.5, 0.6) is 0 Å². The van der Waals surface area contributed by atoms with E-state index in [2.05, 4.69) is 10.1 Å². The van der Waals surface area contributed by atoms with Gasteiger partial charge in [0.15, 0.2) is 5.84 Å². The number of carbonyl (C=O) groups is 1.